The van der Waals surface area contributed by atoms with Crippen molar-refractivity contribution in [3.63, 3.8) is 0 Å². The van der Waals surface area contributed by atoms with Gasteiger partial charge in [0.2, 0.25) is 5.60 Å². The average Bonchev–Trinajstić information content (AvgIpc) is 2.95. The minimum absolute atomic E-state index is 0.0310. The molecule has 2 amide bonds. The number of halogens is 1. The van der Waals surface area contributed by atoms with Gasteiger partial charge >= 0.3 is 12.1 Å². The molecule has 1 aromatic carbocycles. The fourth-order valence-electron chi connectivity index (χ4n) is 3.15. The molecular weight excluding hydrogens is 420 g/mol. The molecule has 146 valence electrons. The normalized spacial score (nSPS) is 24.1. The Bertz CT molecular complexity index is 806. The Morgan fingerprint density at radius 2 is 2.07 bits per heavy atom. The van der Waals surface area contributed by atoms with Gasteiger partial charge in [0.15, 0.2) is 0 Å². The van der Waals surface area contributed by atoms with E-state index in [0.717, 1.165) is 4.47 Å². The van der Waals surface area contributed by atoms with Crippen molar-refractivity contribution < 1.29 is 28.6 Å². The Morgan fingerprint density at radius 3 is 2.70 bits per heavy atom. The molecule has 27 heavy (non-hydrogen) atoms. The molecule has 0 aromatic heterocycles. The Kier molecular flexibility index (Phi) is 4.83. The summed E-state index contributed by atoms with van der Waals surface area (Å²) < 4.78 is 17.0. The summed E-state index contributed by atoms with van der Waals surface area (Å²) in [4.78, 5) is 38.9. The number of ether oxygens (including phenoxy) is 3. The quantitative estimate of drug-likeness (QED) is 0.674. The van der Waals surface area contributed by atoms with Crippen LogP contribution in [-0.4, -0.2) is 53.8 Å². The number of hydrogen-bond donors (Lipinski definition) is 1. The lowest BCUT2D eigenvalue weighted by Crippen LogP contribution is -2.53. The van der Waals surface area contributed by atoms with Crippen LogP contribution in [-0.2, 0) is 19.1 Å². The molecule has 1 N–H and O–H groups in total. The van der Waals surface area contributed by atoms with Crippen molar-refractivity contribution in [1.29, 1.82) is 0 Å². The zero-order chi connectivity index (χ0) is 20.0. The fourth-order valence-corrected chi connectivity index (χ4v) is 3.49. The van der Waals surface area contributed by atoms with Crippen LogP contribution in [0.15, 0.2) is 22.7 Å². The van der Waals surface area contributed by atoms with Gasteiger partial charge in [0.25, 0.3) is 5.91 Å². The maximum absolute atomic E-state index is 12.8. The van der Waals surface area contributed by atoms with Gasteiger partial charge in [0, 0.05) is 10.9 Å². The predicted molar refractivity (Wildman–Crippen MR) is 99.5 cm³/mol. The van der Waals surface area contributed by atoms with E-state index in [1.54, 1.807) is 39.0 Å². The van der Waals surface area contributed by atoms with Gasteiger partial charge in [-0.3, -0.25) is 9.69 Å². The number of methoxy groups -OCH3 is 1. The van der Waals surface area contributed by atoms with E-state index in [1.807, 2.05) is 0 Å². The van der Waals surface area contributed by atoms with Crippen LogP contribution in [0, 0.1) is 0 Å². The minimum Gasteiger partial charge on any atom is -0.473 e. The lowest BCUT2D eigenvalue weighted by Gasteiger charge is -2.34. The van der Waals surface area contributed by atoms with Crippen LogP contribution in [0.5, 0.6) is 5.75 Å². The highest BCUT2D eigenvalue weighted by atomic mass is 79.9. The first-order valence-corrected chi connectivity index (χ1v) is 9.21. The second-order valence-corrected chi connectivity index (χ2v) is 8.46. The third-order valence-electron chi connectivity index (χ3n) is 4.34. The van der Waals surface area contributed by atoms with Crippen LogP contribution in [0.4, 0.5) is 10.5 Å². The van der Waals surface area contributed by atoms with Gasteiger partial charge in [0.1, 0.15) is 17.4 Å². The standard InChI is InChI=1S/C18H21BrN2O6/c1-17(2,3)27-16(24)21-9-18(8-12(21)14(22)25-4)15(23)20-11-6-5-10(19)7-13(11)26-18/h5-7,12H,8-9H2,1-4H3,(H,20,23)/t12-,18+/m0/s1. The zero-order valence-electron chi connectivity index (χ0n) is 15.5. The molecule has 1 aromatic rings. The summed E-state index contributed by atoms with van der Waals surface area (Å²) in [5.74, 6) is -0.593. The molecule has 3 rings (SSSR count). The molecule has 0 bridgehead atoms. The van der Waals surface area contributed by atoms with E-state index in [0.29, 0.717) is 11.4 Å². The Morgan fingerprint density at radius 1 is 1.37 bits per heavy atom. The summed E-state index contributed by atoms with van der Waals surface area (Å²) in [7, 11) is 1.23. The molecule has 0 saturated carbocycles. The van der Waals surface area contributed by atoms with Gasteiger partial charge in [-0.25, -0.2) is 9.59 Å². The molecule has 1 spiro atoms. The molecule has 9 heteroatoms. The van der Waals surface area contributed by atoms with Crippen LogP contribution >= 0.6 is 15.9 Å². The topological polar surface area (TPSA) is 94.2 Å². The monoisotopic (exact) mass is 440 g/mol. The number of nitrogens with one attached hydrogen (secondary N) is 1. The summed E-state index contributed by atoms with van der Waals surface area (Å²) in [5.41, 5.74) is -1.62. The number of anilines is 1. The Labute approximate surface area is 165 Å². The summed E-state index contributed by atoms with van der Waals surface area (Å²) in [6.45, 7) is 5.05. The molecule has 1 fully saturated rings. The molecule has 0 aliphatic carbocycles. The molecule has 8 nitrogen and oxygen atoms in total. The first kappa shape index (κ1) is 19.5. The van der Waals surface area contributed by atoms with Gasteiger partial charge in [-0.15, -0.1) is 0 Å². The summed E-state index contributed by atoms with van der Waals surface area (Å²) in [6.07, 6.45) is -0.734. The van der Waals surface area contributed by atoms with Crippen molar-refractivity contribution in [2.24, 2.45) is 0 Å². The largest absolute Gasteiger partial charge is 0.473 e. The lowest BCUT2D eigenvalue weighted by molar-refractivity contribution is -0.145. The minimum atomic E-state index is -1.40. The second kappa shape index (κ2) is 6.70. The first-order chi connectivity index (χ1) is 12.5. The van der Waals surface area contributed by atoms with Crippen molar-refractivity contribution in [1.82, 2.24) is 4.90 Å². The lowest BCUT2D eigenvalue weighted by atomic mass is 9.96. The van der Waals surface area contributed by atoms with Crippen molar-refractivity contribution in [3.8, 4) is 5.75 Å². The molecule has 2 heterocycles. The maximum atomic E-state index is 12.8. The van der Waals surface area contributed by atoms with Gasteiger partial charge in [-0.05, 0) is 39.0 Å². The molecule has 2 atom stereocenters. The number of likely N-dealkylation sites (tertiary alicyclic amines) is 1. The van der Waals surface area contributed by atoms with E-state index >= 15 is 0 Å². The predicted octanol–water partition coefficient (Wildman–Crippen LogP) is 2.70. The molecule has 2 aliphatic heterocycles. The summed E-state index contributed by atoms with van der Waals surface area (Å²) in [5, 5.41) is 2.79. The number of nitrogens with zero attached hydrogens (tertiary/aromatic N) is 1. The van der Waals surface area contributed by atoms with Crippen LogP contribution < -0.4 is 10.1 Å². The van der Waals surface area contributed by atoms with Gasteiger partial charge in [0.05, 0.1) is 19.3 Å². The van der Waals surface area contributed by atoms with E-state index in [-0.39, 0.29) is 13.0 Å². The number of hydrogen-bond acceptors (Lipinski definition) is 6. The number of amides is 2. The summed E-state index contributed by atoms with van der Waals surface area (Å²) >= 11 is 3.37. The van der Waals surface area contributed by atoms with E-state index < -0.39 is 35.2 Å². The molecule has 2 aliphatic rings. The smallest absolute Gasteiger partial charge is 0.411 e. The molecule has 0 unspecified atom stereocenters. The third-order valence-corrected chi connectivity index (χ3v) is 4.83. The maximum Gasteiger partial charge on any atom is 0.411 e. The number of carbonyl (C=O) groups excluding carboxylic acids is 3. The van der Waals surface area contributed by atoms with Crippen molar-refractivity contribution in [2.75, 3.05) is 19.0 Å². The Balaban J connectivity index is 1.94. The highest BCUT2D eigenvalue weighted by molar-refractivity contribution is 9.10. The van der Waals surface area contributed by atoms with Crippen LogP contribution in [0.2, 0.25) is 0 Å². The molecular formula is C18H21BrN2O6. The fraction of sp³-hybridized carbons (Fsp3) is 0.500. The number of fused-ring (bicyclic) bond motifs is 1. The average molecular weight is 441 g/mol. The van der Waals surface area contributed by atoms with Gasteiger partial charge < -0.3 is 19.5 Å². The Hall–Kier alpha value is -2.29. The number of esters is 1. The SMILES string of the molecule is COC(=O)[C@@H]1C[C@]2(CN1C(=O)OC(C)(C)C)Oc1cc(Br)ccc1NC2=O. The zero-order valence-corrected chi connectivity index (χ0v) is 17.1. The van der Waals surface area contributed by atoms with E-state index in [1.165, 1.54) is 12.0 Å². The van der Waals surface area contributed by atoms with Gasteiger partial charge in [-0.1, -0.05) is 15.9 Å². The van der Waals surface area contributed by atoms with Crippen LogP contribution in [0.1, 0.15) is 27.2 Å². The first-order valence-electron chi connectivity index (χ1n) is 8.42. The van der Waals surface area contributed by atoms with Crippen LogP contribution in [0.3, 0.4) is 0 Å². The van der Waals surface area contributed by atoms with Crippen LogP contribution in [0.25, 0.3) is 0 Å². The third kappa shape index (κ3) is 3.73. The van der Waals surface area contributed by atoms with Gasteiger partial charge in [-0.2, -0.15) is 0 Å². The van der Waals surface area contributed by atoms with E-state index in [2.05, 4.69) is 21.2 Å². The number of rotatable bonds is 1. The molecule has 1 saturated heterocycles. The highest BCUT2D eigenvalue weighted by Crippen LogP contribution is 2.41. The van der Waals surface area contributed by atoms with Crippen molar-refractivity contribution >= 4 is 39.6 Å². The number of benzene rings is 1. The van der Waals surface area contributed by atoms with Crippen molar-refractivity contribution in [2.45, 2.75) is 44.4 Å². The van der Waals surface area contributed by atoms with E-state index in [4.69, 9.17) is 14.2 Å². The van der Waals surface area contributed by atoms with Crippen molar-refractivity contribution in [3.05, 3.63) is 22.7 Å². The summed E-state index contributed by atoms with van der Waals surface area (Å²) in [6, 6.07) is 4.23. The number of carbonyl (C=O) groups is 3. The second-order valence-electron chi connectivity index (χ2n) is 7.54. The highest BCUT2D eigenvalue weighted by Gasteiger charge is 2.58. The van der Waals surface area contributed by atoms with E-state index in [9.17, 15) is 14.4 Å². The molecule has 0 radical (unpaired) electrons.